The average Bonchev–Trinajstić information content (AvgIpc) is 3.30. The zero-order chi connectivity index (χ0) is 27.3. The van der Waals surface area contributed by atoms with Crippen molar-refractivity contribution < 1.29 is 40.5 Å². The molecule has 38 heavy (non-hydrogen) atoms. The van der Waals surface area contributed by atoms with E-state index in [1.54, 1.807) is 5.57 Å². The average molecular weight is 554 g/mol. The lowest BCUT2D eigenvalue weighted by Crippen LogP contribution is -2.77. The van der Waals surface area contributed by atoms with Crippen LogP contribution in [0.4, 0.5) is 0 Å². The van der Waals surface area contributed by atoms with E-state index in [-0.39, 0.29) is 24.2 Å². The Labute approximate surface area is 227 Å². The van der Waals surface area contributed by atoms with E-state index in [2.05, 4.69) is 0 Å². The Morgan fingerprint density at radius 3 is 2.37 bits per heavy atom. The van der Waals surface area contributed by atoms with Gasteiger partial charge in [0.25, 0.3) is 0 Å². The van der Waals surface area contributed by atoms with Gasteiger partial charge in [-0.3, -0.25) is 4.79 Å². The van der Waals surface area contributed by atoms with E-state index in [1.807, 2.05) is 18.7 Å². The number of fused-ring (bicyclic) bond motifs is 3. The topological polar surface area (TPSA) is 185 Å². The lowest BCUT2D eigenvalue weighted by molar-refractivity contribution is -0.265. The van der Waals surface area contributed by atoms with E-state index in [4.69, 9.17) is 5.73 Å². The first-order chi connectivity index (χ1) is 18.0. The SMILES string of the molecule is C[C@H]1C2C(C3CC4=C(CCCC4)S3)CCC(O)C2C(O)C2C(=O)[C@]3(O)C(O)C(C(N)O)C(O)C[C@@H]3[C@@H](O)[C@@H]21. The molecule has 0 aromatic heterocycles. The van der Waals surface area contributed by atoms with Crippen molar-refractivity contribution in [3.05, 3.63) is 10.5 Å². The number of carbonyl (C=O) groups is 1. The quantitative estimate of drug-likeness (QED) is 0.214. The van der Waals surface area contributed by atoms with Gasteiger partial charge < -0.3 is 41.5 Å². The highest BCUT2D eigenvalue weighted by atomic mass is 32.2. The van der Waals surface area contributed by atoms with Gasteiger partial charge in [0.15, 0.2) is 11.4 Å². The van der Waals surface area contributed by atoms with Gasteiger partial charge in [-0.1, -0.05) is 12.5 Å². The van der Waals surface area contributed by atoms with Gasteiger partial charge in [-0.2, -0.15) is 0 Å². The summed E-state index contributed by atoms with van der Waals surface area (Å²) < 4.78 is 0. The third-order valence-electron chi connectivity index (χ3n) is 11.5. The molecule has 10 heteroatoms. The zero-order valence-corrected chi connectivity index (χ0v) is 22.7. The predicted octanol–water partition coefficient (Wildman–Crippen LogP) is -0.124. The number of thioether (sulfide) groups is 1. The van der Waals surface area contributed by atoms with Crippen molar-refractivity contribution in [2.24, 2.45) is 53.1 Å². The molecule has 4 fully saturated rings. The summed E-state index contributed by atoms with van der Waals surface area (Å²) >= 11 is 1.96. The molecule has 0 aromatic rings. The van der Waals surface area contributed by atoms with Crippen LogP contribution in [0.15, 0.2) is 10.5 Å². The van der Waals surface area contributed by atoms with Crippen molar-refractivity contribution in [2.75, 3.05) is 0 Å². The summed E-state index contributed by atoms with van der Waals surface area (Å²) in [6, 6.07) is 0. The molecule has 6 aliphatic rings. The van der Waals surface area contributed by atoms with Crippen LogP contribution in [-0.2, 0) is 4.79 Å². The Morgan fingerprint density at radius 1 is 0.974 bits per heavy atom. The number of carbonyl (C=O) groups excluding carboxylic acids is 1. The minimum Gasteiger partial charge on any atom is -0.393 e. The minimum absolute atomic E-state index is 0.112. The number of Topliss-reactive ketones (excluding diaryl/α,β-unsaturated/α-hetero) is 1. The molecule has 0 spiro atoms. The summed E-state index contributed by atoms with van der Waals surface area (Å²) in [5.74, 6) is -5.91. The molecule has 1 heterocycles. The van der Waals surface area contributed by atoms with Gasteiger partial charge in [-0.25, -0.2) is 0 Å². The number of aliphatic hydroxyl groups excluding tert-OH is 6. The molecule has 0 amide bonds. The molecule has 9 N–H and O–H groups in total. The highest BCUT2D eigenvalue weighted by Crippen LogP contribution is 2.61. The van der Waals surface area contributed by atoms with Gasteiger partial charge in [-0.05, 0) is 74.0 Å². The lowest BCUT2D eigenvalue weighted by atomic mass is 9.45. The zero-order valence-electron chi connectivity index (χ0n) is 21.8. The summed E-state index contributed by atoms with van der Waals surface area (Å²) in [5, 5.41) is 78.3. The number of allylic oxidation sites excluding steroid dienone is 2. The first-order valence-corrected chi connectivity index (χ1v) is 15.3. The van der Waals surface area contributed by atoms with Crippen LogP contribution in [-0.4, -0.2) is 89.1 Å². The fourth-order valence-electron chi connectivity index (χ4n) is 9.83. The van der Waals surface area contributed by atoms with E-state index in [1.165, 1.54) is 17.7 Å². The molecule has 4 saturated carbocycles. The van der Waals surface area contributed by atoms with E-state index in [0.29, 0.717) is 11.7 Å². The van der Waals surface area contributed by atoms with Crippen molar-refractivity contribution in [2.45, 2.75) is 106 Å². The fraction of sp³-hybridized carbons (Fsp3) is 0.893. The summed E-state index contributed by atoms with van der Waals surface area (Å²) in [5.41, 5.74) is 4.66. The van der Waals surface area contributed by atoms with Crippen LogP contribution in [0.25, 0.3) is 0 Å². The van der Waals surface area contributed by atoms with Crippen molar-refractivity contribution in [3.8, 4) is 0 Å². The van der Waals surface area contributed by atoms with Crippen LogP contribution in [0.5, 0.6) is 0 Å². The highest BCUT2D eigenvalue weighted by molar-refractivity contribution is 8.04. The van der Waals surface area contributed by atoms with Gasteiger partial charge in [0.2, 0.25) is 0 Å². The maximum atomic E-state index is 14.0. The standard InChI is InChI=1S/C28H43NO8S/c1-10-18-12(17-8-11-4-2-3-5-16(11)38-17)6-7-14(30)20(18)24(33)22-19(10)23(32)13-9-15(31)21(27(29)36)25(34)28(13,37)26(22)35/h10,12-15,17-25,27,30-34,36-37H,2-9,29H2,1H3/t10-,12?,13+,14?,15?,17?,18?,19+,20?,21?,22?,23+,24?,25?,27?,28+/m0/s1. The van der Waals surface area contributed by atoms with Gasteiger partial charge in [0, 0.05) is 23.0 Å². The van der Waals surface area contributed by atoms with E-state index < -0.39 is 77.7 Å². The van der Waals surface area contributed by atoms with Gasteiger partial charge in [-0.15, -0.1) is 11.8 Å². The normalized spacial score (nSPS) is 55.6. The molecule has 0 radical (unpaired) electrons. The maximum Gasteiger partial charge on any atom is 0.173 e. The molecule has 5 aliphatic carbocycles. The number of aliphatic hydroxyl groups is 7. The molecule has 16 atom stereocenters. The van der Waals surface area contributed by atoms with Crippen LogP contribution in [0.1, 0.15) is 58.3 Å². The van der Waals surface area contributed by atoms with Crippen molar-refractivity contribution in [1.29, 1.82) is 0 Å². The van der Waals surface area contributed by atoms with Gasteiger partial charge >= 0.3 is 0 Å². The summed E-state index contributed by atoms with van der Waals surface area (Å²) in [4.78, 5) is 15.5. The molecule has 1 aliphatic heterocycles. The number of hydrogen-bond donors (Lipinski definition) is 8. The van der Waals surface area contributed by atoms with Crippen LogP contribution in [0.3, 0.4) is 0 Å². The molecule has 0 aromatic carbocycles. The first-order valence-electron chi connectivity index (χ1n) is 14.5. The summed E-state index contributed by atoms with van der Waals surface area (Å²) in [6.45, 7) is 1.99. The Hall–Kier alpha value is -0.560. The van der Waals surface area contributed by atoms with Crippen LogP contribution < -0.4 is 5.73 Å². The predicted molar refractivity (Wildman–Crippen MR) is 139 cm³/mol. The highest BCUT2D eigenvalue weighted by Gasteiger charge is 2.71. The Morgan fingerprint density at radius 2 is 1.68 bits per heavy atom. The third-order valence-corrected chi connectivity index (χ3v) is 13.1. The fourth-order valence-corrected chi connectivity index (χ4v) is 11.6. The van der Waals surface area contributed by atoms with Gasteiger partial charge in [0.1, 0.15) is 6.23 Å². The molecular formula is C28H43NO8S. The molecular weight excluding hydrogens is 510 g/mol. The molecule has 0 bridgehead atoms. The number of hydrogen-bond acceptors (Lipinski definition) is 10. The second-order valence-corrected chi connectivity index (χ2v) is 14.4. The smallest absolute Gasteiger partial charge is 0.173 e. The monoisotopic (exact) mass is 553 g/mol. The molecule has 11 unspecified atom stereocenters. The second kappa shape index (κ2) is 9.77. The Bertz CT molecular complexity index is 974. The summed E-state index contributed by atoms with van der Waals surface area (Å²) in [6.07, 6.45) is -1.42. The van der Waals surface area contributed by atoms with E-state index in [0.717, 1.165) is 25.7 Å². The Balaban J connectivity index is 1.35. The number of nitrogens with two attached hydrogens (primary N) is 1. The van der Waals surface area contributed by atoms with Crippen LogP contribution in [0, 0.1) is 47.3 Å². The summed E-state index contributed by atoms with van der Waals surface area (Å²) in [7, 11) is 0. The molecule has 0 saturated heterocycles. The van der Waals surface area contributed by atoms with Crippen molar-refractivity contribution in [3.63, 3.8) is 0 Å². The number of rotatable bonds is 2. The molecule has 9 nitrogen and oxygen atoms in total. The van der Waals surface area contributed by atoms with Gasteiger partial charge in [0.05, 0.1) is 42.4 Å². The van der Waals surface area contributed by atoms with E-state index >= 15 is 0 Å². The number of ketones is 1. The molecule has 6 rings (SSSR count). The second-order valence-electron chi connectivity index (χ2n) is 13.1. The largest absolute Gasteiger partial charge is 0.393 e. The first kappa shape index (κ1) is 27.6. The third kappa shape index (κ3) is 3.78. The molecule has 214 valence electrons. The van der Waals surface area contributed by atoms with Crippen LogP contribution in [0.2, 0.25) is 0 Å². The van der Waals surface area contributed by atoms with Crippen molar-refractivity contribution >= 4 is 17.5 Å². The Kier molecular flexibility index (Phi) is 7.10. The van der Waals surface area contributed by atoms with Crippen molar-refractivity contribution in [1.82, 2.24) is 0 Å². The maximum absolute atomic E-state index is 14.0. The van der Waals surface area contributed by atoms with Crippen LogP contribution >= 0.6 is 11.8 Å². The minimum atomic E-state index is -2.47. The lowest BCUT2D eigenvalue weighted by Gasteiger charge is -2.63. The van der Waals surface area contributed by atoms with E-state index in [9.17, 15) is 40.5 Å².